The van der Waals surface area contributed by atoms with Gasteiger partial charge >= 0.3 is 0 Å². The largest absolute Gasteiger partial charge is 0.355 e. The van der Waals surface area contributed by atoms with Crippen molar-refractivity contribution in [3.05, 3.63) is 58.7 Å². The van der Waals surface area contributed by atoms with Gasteiger partial charge in [-0.2, -0.15) is 5.10 Å². The van der Waals surface area contributed by atoms with Gasteiger partial charge in [0.25, 0.3) is 5.91 Å². The van der Waals surface area contributed by atoms with Gasteiger partial charge < -0.3 is 9.84 Å². The summed E-state index contributed by atoms with van der Waals surface area (Å²) < 4.78 is 20.8. The molecule has 0 unspecified atom stereocenters. The van der Waals surface area contributed by atoms with Crippen LogP contribution >= 0.6 is 15.9 Å². The normalized spacial score (nSPS) is 10.8. The van der Waals surface area contributed by atoms with Crippen LogP contribution in [0.2, 0.25) is 0 Å². The van der Waals surface area contributed by atoms with Crippen LogP contribution in [-0.2, 0) is 6.54 Å². The molecule has 124 valence electrons. The molecule has 0 aliphatic carbocycles. The third-order valence-electron chi connectivity index (χ3n) is 3.32. The number of aryl methyl sites for hydroxylation is 1. The van der Waals surface area contributed by atoms with E-state index in [1.165, 1.54) is 18.2 Å². The lowest BCUT2D eigenvalue weighted by molar-refractivity contribution is 0.0943. The Morgan fingerprint density at radius 3 is 2.83 bits per heavy atom. The van der Waals surface area contributed by atoms with E-state index in [1.807, 2.05) is 6.20 Å². The maximum atomic E-state index is 12.9. The zero-order chi connectivity index (χ0) is 16.9. The van der Waals surface area contributed by atoms with Crippen molar-refractivity contribution >= 4 is 21.8 Å². The monoisotopic (exact) mass is 392 g/mol. The fourth-order valence-corrected chi connectivity index (χ4v) is 2.45. The molecule has 0 bridgehead atoms. The number of nitrogens with zero attached hydrogens (tertiary/aromatic N) is 3. The number of hydrogen-bond acceptors (Lipinski definition) is 4. The molecule has 2 heterocycles. The van der Waals surface area contributed by atoms with E-state index >= 15 is 0 Å². The number of amides is 1. The molecule has 3 aromatic rings. The molecule has 1 aromatic carbocycles. The molecule has 8 heteroatoms. The van der Waals surface area contributed by atoms with Gasteiger partial charge in [0.1, 0.15) is 5.82 Å². The van der Waals surface area contributed by atoms with Crippen LogP contribution in [0.25, 0.3) is 11.3 Å². The molecule has 2 aromatic heterocycles. The fraction of sp³-hybridized carbons (Fsp3) is 0.188. The molecule has 0 spiro atoms. The molecule has 0 radical (unpaired) electrons. The Balaban J connectivity index is 1.51. The summed E-state index contributed by atoms with van der Waals surface area (Å²) in [5, 5.41) is 10.7. The van der Waals surface area contributed by atoms with E-state index in [0.29, 0.717) is 24.4 Å². The third-order valence-corrected chi connectivity index (χ3v) is 3.73. The Labute approximate surface area is 145 Å². The first-order valence-corrected chi connectivity index (χ1v) is 8.10. The van der Waals surface area contributed by atoms with Gasteiger partial charge in [0.2, 0.25) is 0 Å². The highest BCUT2D eigenvalue weighted by Crippen LogP contribution is 2.20. The molecule has 24 heavy (non-hydrogen) atoms. The molecular weight excluding hydrogens is 379 g/mol. The first-order valence-electron chi connectivity index (χ1n) is 7.30. The van der Waals surface area contributed by atoms with E-state index in [4.69, 9.17) is 4.52 Å². The number of hydrogen-bond donors (Lipinski definition) is 1. The first-order chi connectivity index (χ1) is 11.6. The van der Waals surface area contributed by atoms with Crippen LogP contribution in [0.15, 0.2) is 51.7 Å². The van der Waals surface area contributed by atoms with Crippen LogP contribution in [0.1, 0.15) is 16.9 Å². The lowest BCUT2D eigenvalue weighted by Gasteiger charge is -2.03. The molecule has 0 aliphatic heterocycles. The zero-order valence-corrected chi connectivity index (χ0v) is 14.2. The van der Waals surface area contributed by atoms with Crippen molar-refractivity contribution in [2.45, 2.75) is 13.0 Å². The number of rotatable bonds is 6. The van der Waals surface area contributed by atoms with E-state index in [9.17, 15) is 9.18 Å². The second kappa shape index (κ2) is 7.39. The summed E-state index contributed by atoms with van der Waals surface area (Å²) in [4.78, 5) is 12.0. The maximum absolute atomic E-state index is 12.9. The number of aromatic nitrogens is 3. The van der Waals surface area contributed by atoms with Gasteiger partial charge in [-0.1, -0.05) is 5.16 Å². The average molecular weight is 393 g/mol. The van der Waals surface area contributed by atoms with Crippen molar-refractivity contribution in [1.29, 1.82) is 0 Å². The second-order valence-electron chi connectivity index (χ2n) is 5.11. The van der Waals surface area contributed by atoms with Crippen LogP contribution in [-0.4, -0.2) is 27.4 Å². The molecule has 0 saturated heterocycles. The second-order valence-corrected chi connectivity index (χ2v) is 6.03. The predicted molar refractivity (Wildman–Crippen MR) is 88.8 cm³/mol. The molecule has 6 nitrogen and oxygen atoms in total. The molecule has 3 rings (SSSR count). The summed E-state index contributed by atoms with van der Waals surface area (Å²) >= 11 is 3.33. The predicted octanol–water partition coefficient (Wildman–Crippen LogP) is 3.26. The molecule has 0 fully saturated rings. The first kappa shape index (κ1) is 16.4. The highest BCUT2D eigenvalue weighted by atomic mass is 79.9. The van der Waals surface area contributed by atoms with Crippen LogP contribution in [0.5, 0.6) is 0 Å². The van der Waals surface area contributed by atoms with Gasteiger partial charge in [-0.25, -0.2) is 4.39 Å². The van der Waals surface area contributed by atoms with Gasteiger partial charge in [-0.05, 0) is 46.6 Å². The molecule has 0 aliphatic rings. The summed E-state index contributed by atoms with van der Waals surface area (Å²) in [6.07, 6.45) is 4.32. The van der Waals surface area contributed by atoms with Crippen LogP contribution in [0, 0.1) is 5.82 Å². The minimum absolute atomic E-state index is 0.191. The van der Waals surface area contributed by atoms with Gasteiger partial charge in [-0.15, -0.1) is 0 Å². The van der Waals surface area contributed by atoms with E-state index in [0.717, 1.165) is 10.9 Å². The number of halogens is 2. The van der Waals surface area contributed by atoms with Gasteiger partial charge in [0.05, 0.1) is 10.7 Å². The van der Waals surface area contributed by atoms with Crippen molar-refractivity contribution < 1.29 is 13.7 Å². The van der Waals surface area contributed by atoms with Crippen LogP contribution in [0.4, 0.5) is 4.39 Å². The van der Waals surface area contributed by atoms with Crippen molar-refractivity contribution in [2.75, 3.05) is 6.54 Å². The van der Waals surface area contributed by atoms with Gasteiger partial charge in [0.15, 0.2) is 11.5 Å². The standard InChI is InChI=1S/C16H14BrFN4O2/c17-12-9-20-22(10-12)7-1-6-19-16(23)14-8-15(24-21-14)11-2-4-13(18)5-3-11/h2-5,8-10H,1,6-7H2,(H,19,23). The minimum atomic E-state index is -0.333. The maximum Gasteiger partial charge on any atom is 0.273 e. The molecule has 0 atom stereocenters. The highest BCUT2D eigenvalue weighted by Gasteiger charge is 2.13. The van der Waals surface area contributed by atoms with Crippen molar-refractivity contribution in [3.8, 4) is 11.3 Å². The minimum Gasteiger partial charge on any atom is -0.355 e. The smallest absolute Gasteiger partial charge is 0.273 e. The number of nitrogens with one attached hydrogen (secondary N) is 1. The number of carbonyl (C=O) groups is 1. The summed E-state index contributed by atoms with van der Waals surface area (Å²) in [6, 6.07) is 7.32. The fourth-order valence-electron chi connectivity index (χ4n) is 2.13. The third kappa shape index (κ3) is 4.08. The van der Waals surface area contributed by atoms with E-state index in [-0.39, 0.29) is 17.4 Å². The topological polar surface area (TPSA) is 73.0 Å². The Bertz CT molecular complexity index is 829. The van der Waals surface area contributed by atoms with Crippen molar-refractivity contribution in [1.82, 2.24) is 20.3 Å². The number of benzene rings is 1. The van der Waals surface area contributed by atoms with Gasteiger partial charge in [-0.3, -0.25) is 9.48 Å². The average Bonchev–Trinajstić information content (AvgIpc) is 3.21. The van der Waals surface area contributed by atoms with Gasteiger partial charge in [0, 0.05) is 30.9 Å². The van der Waals surface area contributed by atoms with Crippen molar-refractivity contribution in [2.24, 2.45) is 0 Å². The Morgan fingerprint density at radius 2 is 2.12 bits per heavy atom. The quantitative estimate of drug-likeness (QED) is 0.653. The Hall–Kier alpha value is -2.48. The number of carbonyl (C=O) groups excluding carboxylic acids is 1. The summed E-state index contributed by atoms with van der Waals surface area (Å²) in [5.41, 5.74) is 0.850. The lowest BCUT2D eigenvalue weighted by atomic mass is 10.1. The highest BCUT2D eigenvalue weighted by molar-refractivity contribution is 9.10. The Morgan fingerprint density at radius 1 is 1.33 bits per heavy atom. The summed E-state index contributed by atoms with van der Waals surface area (Å²) in [5.74, 6) is -0.226. The molecule has 1 N–H and O–H groups in total. The lowest BCUT2D eigenvalue weighted by Crippen LogP contribution is -2.25. The van der Waals surface area contributed by atoms with E-state index in [1.54, 1.807) is 23.0 Å². The Kier molecular flexibility index (Phi) is 5.05. The summed E-state index contributed by atoms with van der Waals surface area (Å²) in [7, 11) is 0. The summed E-state index contributed by atoms with van der Waals surface area (Å²) in [6.45, 7) is 1.20. The zero-order valence-electron chi connectivity index (χ0n) is 12.6. The SMILES string of the molecule is O=C(NCCCn1cc(Br)cn1)c1cc(-c2ccc(F)cc2)on1. The van der Waals surface area contributed by atoms with E-state index in [2.05, 4.69) is 31.5 Å². The molecule has 1 amide bonds. The van der Waals surface area contributed by atoms with Crippen molar-refractivity contribution in [3.63, 3.8) is 0 Å². The van der Waals surface area contributed by atoms with Crippen LogP contribution in [0.3, 0.4) is 0 Å². The van der Waals surface area contributed by atoms with E-state index < -0.39 is 0 Å². The van der Waals surface area contributed by atoms with Crippen LogP contribution < -0.4 is 5.32 Å². The molecular formula is C16H14BrFN4O2. The molecule has 0 saturated carbocycles.